The lowest BCUT2D eigenvalue weighted by Gasteiger charge is -2.28. The van der Waals surface area contributed by atoms with Crippen LogP contribution in [0.5, 0.6) is 0 Å². The number of rotatable bonds is 1. The normalized spacial score (nSPS) is 43.9. The third-order valence-electron chi connectivity index (χ3n) is 4.01. The third-order valence-corrected chi connectivity index (χ3v) is 4.01. The molecule has 2 rings (SSSR count). The van der Waals surface area contributed by atoms with Gasteiger partial charge in [-0.25, -0.2) is 0 Å². The molecule has 0 N–H and O–H groups in total. The van der Waals surface area contributed by atoms with Gasteiger partial charge in [-0.05, 0) is 37.0 Å². The molecule has 0 saturated heterocycles. The Kier molecular flexibility index (Phi) is 2.20. The molecule has 0 aliphatic heterocycles. The average Bonchev–Trinajstić information content (AvgIpc) is 2.47. The Morgan fingerprint density at radius 2 is 1.82 bits per heavy atom. The molecule has 11 heavy (non-hydrogen) atoms. The van der Waals surface area contributed by atoms with E-state index < -0.39 is 0 Å². The summed E-state index contributed by atoms with van der Waals surface area (Å²) in [6.07, 6.45) is 10.7. The van der Waals surface area contributed by atoms with Crippen LogP contribution in [0.2, 0.25) is 0 Å². The minimum absolute atomic E-state index is 1.11. The number of hydrogen-bond donors (Lipinski definition) is 0. The Morgan fingerprint density at radius 1 is 1.00 bits per heavy atom. The van der Waals surface area contributed by atoms with Gasteiger partial charge in [-0.15, -0.1) is 0 Å². The first kappa shape index (κ1) is 7.64. The van der Waals surface area contributed by atoms with E-state index in [1.165, 1.54) is 19.3 Å². The van der Waals surface area contributed by atoms with E-state index in [9.17, 15) is 0 Å². The maximum Gasteiger partial charge on any atom is -0.0358 e. The van der Waals surface area contributed by atoms with Crippen molar-refractivity contribution >= 4 is 0 Å². The van der Waals surface area contributed by atoms with Gasteiger partial charge in [0.2, 0.25) is 0 Å². The van der Waals surface area contributed by atoms with Crippen LogP contribution in [0.3, 0.4) is 0 Å². The van der Waals surface area contributed by atoms with E-state index in [2.05, 4.69) is 6.92 Å². The molecule has 2 fully saturated rings. The van der Waals surface area contributed by atoms with E-state index >= 15 is 0 Å². The van der Waals surface area contributed by atoms with Crippen molar-refractivity contribution in [1.82, 2.24) is 0 Å². The van der Waals surface area contributed by atoms with Crippen LogP contribution in [-0.4, -0.2) is 0 Å². The lowest BCUT2D eigenvalue weighted by atomic mass is 9.77. The molecule has 2 aliphatic carbocycles. The van der Waals surface area contributed by atoms with Crippen LogP contribution in [0.1, 0.15) is 51.9 Å². The summed E-state index contributed by atoms with van der Waals surface area (Å²) >= 11 is 0. The predicted molar refractivity (Wildman–Crippen MR) is 48.5 cm³/mol. The Bertz CT molecular complexity index is 122. The highest BCUT2D eigenvalue weighted by Crippen LogP contribution is 2.46. The van der Waals surface area contributed by atoms with Crippen molar-refractivity contribution < 1.29 is 0 Å². The van der Waals surface area contributed by atoms with Crippen molar-refractivity contribution in [3.8, 4) is 0 Å². The van der Waals surface area contributed by atoms with Gasteiger partial charge in [0.1, 0.15) is 0 Å². The van der Waals surface area contributed by atoms with E-state index in [4.69, 9.17) is 0 Å². The zero-order valence-electron chi connectivity index (χ0n) is 7.68. The fourth-order valence-corrected chi connectivity index (χ4v) is 3.36. The summed E-state index contributed by atoms with van der Waals surface area (Å²) in [6, 6.07) is 0. The van der Waals surface area contributed by atoms with E-state index in [1.54, 1.807) is 25.7 Å². The van der Waals surface area contributed by atoms with Crippen LogP contribution < -0.4 is 0 Å². The zero-order chi connectivity index (χ0) is 7.68. The fourth-order valence-electron chi connectivity index (χ4n) is 3.36. The summed E-state index contributed by atoms with van der Waals surface area (Å²) in [7, 11) is 0. The lowest BCUT2D eigenvalue weighted by Crippen LogP contribution is -2.18. The summed E-state index contributed by atoms with van der Waals surface area (Å²) in [5.41, 5.74) is 0. The summed E-state index contributed by atoms with van der Waals surface area (Å²) in [5.74, 6) is 3.41. The van der Waals surface area contributed by atoms with Crippen LogP contribution in [0.15, 0.2) is 0 Å². The standard InChI is InChI=1S/C11H20/c1-2-9-7-8-10-5-3-4-6-11(9)10/h9-11H,2-8H2,1H3. The molecule has 0 spiro atoms. The molecule has 0 aromatic rings. The molecule has 0 aromatic carbocycles. The highest BCUT2D eigenvalue weighted by Gasteiger charge is 2.35. The maximum absolute atomic E-state index is 2.38. The van der Waals surface area contributed by atoms with Gasteiger partial charge < -0.3 is 0 Å². The minimum atomic E-state index is 1.11. The largest absolute Gasteiger partial charge is 0.0651 e. The molecule has 0 aromatic heterocycles. The quantitative estimate of drug-likeness (QED) is 0.538. The number of fused-ring (bicyclic) bond motifs is 1. The van der Waals surface area contributed by atoms with Crippen LogP contribution in [0.4, 0.5) is 0 Å². The van der Waals surface area contributed by atoms with E-state index in [0.717, 1.165) is 17.8 Å². The van der Waals surface area contributed by atoms with Gasteiger partial charge in [0.15, 0.2) is 0 Å². The molecule has 0 heteroatoms. The van der Waals surface area contributed by atoms with E-state index in [1.807, 2.05) is 0 Å². The topological polar surface area (TPSA) is 0 Å². The summed E-state index contributed by atoms with van der Waals surface area (Å²) < 4.78 is 0. The predicted octanol–water partition coefficient (Wildman–Crippen LogP) is 3.61. The first-order valence-corrected chi connectivity index (χ1v) is 5.42. The van der Waals surface area contributed by atoms with Crippen LogP contribution in [0.25, 0.3) is 0 Å². The summed E-state index contributed by atoms with van der Waals surface area (Å²) in [6.45, 7) is 2.38. The SMILES string of the molecule is CCC1CCC2CCCCC12. The monoisotopic (exact) mass is 152 g/mol. The molecule has 2 aliphatic rings. The Labute approximate surface area is 70.4 Å². The second-order valence-electron chi connectivity index (χ2n) is 4.45. The number of hydrogen-bond acceptors (Lipinski definition) is 0. The third kappa shape index (κ3) is 1.32. The van der Waals surface area contributed by atoms with Crippen molar-refractivity contribution in [2.24, 2.45) is 17.8 Å². The van der Waals surface area contributed by atoms with Crippen molar-refractivity contribution in [3.05, 3.63) is 0 Å². The molecule has 0 bridgehead atoms. The summed E-state index contributed by atoms with van der Waals surface area (Å²) in [5, 5.41) is 0. The molecular weight excluding hydrogens is 132 g/mol. The molecular formula is C11H20. The van der Waals surface area contributed by atoms with Gasteiger partial charge >= 0.3 is 0 Å². The highest BCUT2D eigenvalue weighted by molar-refractivity contribution is 4.86. The van der Waals surface area contributed by atoms with E-state index in [-0.39, 0.29) is 0 Å². The summed E-state index contributed by atoms with van der Waals surface area (Å²) in [4.78, 5) is 0. The van der Waals surface area contributed by atoms with Crippen molar-refractivity contribution in [3.63, 3.8) is 0 Å². The Morgan fingerprint density at radius 3 is 2.64 bits per heavy atom. The molecule has 3 unspecified atom stereocenters. The van der Waals surface area contributed by atoms with Gasteiger partial charge in [0.05, 0.1) is 0 Å². The van der Waals surface area contributed by atoms with Crippen molar-refractivity contribution in [2.45, 2.75) is 51.9 Å². The Hall–Kier alpha value is 0. The second kappa shape index (κ2) is 3.16. The van der Waals surface area contributed by atoms with Gasteiger partial charge in [-0.1, -0.05) is 32.6 Å². The molecule has 0 radical (unpaired) electrons. The first-order chi connectivity index (χ1) is 5.42. The Balaban J connectivity index is 1.98. The van der Waals surface area contributed by atoms with Crippen molar-refractivity contribution in [2.75, 3.05) is 0 Å². The maximum atomic E-state index is 2.38. The first-order valence-electron chi connectivity index (χ1n) is 5.42. The molecule has 64 valence electrons. The molecule has 2 saturated carbocycles. The zero-order valence-corrected chi connectivity index (χ0v) is 7.68. The lowest BCUT2D eigenvalue weighted by molar-refractivity contribution is 0.224. The van der Waals surface area contributed by atoms with Gasteiger partial charge in [0.25, 0.3) is 0 Å². The minimum Gasteiger partial charge on any atom is -0.0651 e. The second-order valence-corrected chi connectivity index (χ2v) is 4.45. The van der Waals surface area contributed by atoms with Crippen molar-refractivity contribution in [1.29, 1.82) is 0 Å². The fraction of sp³-hybridized carbons (Fsp3) is 1.00. The smallest absolute Gasteiger partial charge is 0.0358 e. The van der Waals surface area contributed by atoms with E-state index in [0.29, 0.717) is 0 Å². The molecule has 3 atom stereocenters. The van der Waals surface area contributed by atoms with Gasteiger partial charge in [-0.3, -0.25) is 0 Å². The van der Waals surface area contributed by atoms with Gasteiger partial charge in [-0.2, -0.15) is 0 Å². The highest BCUT2D eigenvalue weighted by atomic mass is 14.4. The molecule has 0 amide bonds. The average molecular weight is 152 g/mol. The van der Waals surface area contributed by atoms with Gasteiger partial charge in [0, 0.05) is 0 Å². The van der Waals surface area contributed by atoms with Crippen LogP contribution in [0, 0.1) is 17.8 Å². The molecule has 0 heterocycles. The van der Waals surface area contributed by atoms with Crippen LogP contribution >= 0.6 is 0 Å². The molecule has 0 nitrogen and oxygen atoms in total. The van der Waals surface area contributed by atoms with Crippen LogP contribution in [-0.2, 0) is 0 Å².